The van der Waals surface area contributed by atoms with E-state index in [9.17, 15) is 0 Å². The smallest absolute Gasteiger partial charge is 0.122 e. The van der Waals surface area contributed by atoms with Crippen LogP contribution in [0, 0.1) is 0 Å². The molecule has 0 saturated carbocycles. The van der Waals surface area contributed by atoms with Crippen LogP contribution in [0.4, 0.5) is 0 Å². The zero-order chi connectivity index (χ0) is 8.97. The van der Waals surface area contributed by atoms with E-state index in [0.29, 0.717) is 5.66 Å². The van der Waals surface area contributed by atoms with Crippen LogP contribution in [-0.2, 0) is 0 Å². The fourth-order valence-electron chi connectivity index (χ4n) is 1.19. The molecule has 0 aliphatic heterocycles. The molecule has 2 atom stereocenters. The van der Waals surface area contributed by atoms with Crippen LogP contribution < -0.4 is 4.74 Å². The molecule has 0 aliphatic carbocycles. The van der Waals surface area contributed by atoms with Gasteiger partial charge in [-0.25, -0.2) is 0 Å². The van der Waals surface area contributed by atoms with E-state index < -0.39 is 0 Å². The van der Waals surface area contributed by atoms with E-state index in [0.717, 1.165) is 12.2 Å². The summed E-state index contributed by atoms with van der Waals surface area (Å²) in [6, 6.07) is 8.15. The third kappa shape index (κ3) is 1.98. The summed E-state index contributed by atoms with van der Waals surface area (Å²) in [6.45, 7) is 2.17. The van der Waals surface area contributed by atoms with Crippen molar-refractivity contribution in [1.82, 2.24) is 0 Å². The van der Waals surface area contributed by atoms with Crippen molar-refractivity contribution in [3.05, 3.63) is 29.8 Å². The van der Waals surface area contributed by atoms with Gasteiger partial charge in [-0.3, -0.25) is 0 Å². The van der Waals surface area contributed by atoms with E-state index in [2.05, 4.69) is 22.2 Å². The van der Waals surface area contributed by atoms with Crippen molar-refractivity contribution in [2.45, 2.75) is 19.0 Å². The average Bonchev–Trinajstić information content (AvgIpc) is 2.16. The third-order valence-corrected chi connectivity index (χ3v) is 2.81. The Labute approximate surface area is 76.3 Å². The second-order valence-corrected chi connectivity index (χ2v) is 3.56. The van der Waals surface area contributed by atoms with Gasteiger partial charge in [-0.2, -0.15) is 0 Å². The molecule has 2 heteroatoms. The first-order valence-electron chi connectivity index (χ1n) is 4.18. The van der Waals surface area contributed by atoms with Crippen molar-refractivity contribution in [1.29, 1.82) is 0 Å². The van der Waals surface area contributed by atoms with E-state index >= 15 is 0 Å². The zero-order valence-electron chi connectivity index (χ0n) is 7.58. The lowest BCUT2D eigenvalue weighted by molar-refractivity contribution is 0.409. The molecule has 0 aromatic heterocycles. The van der Waals surface area contributed by atoms with Gasteiger partial charge in [0.25, 0.3) is 0 Å². The maximum atomic E-state index is 5.25. The molecule has 66 valence electrons. The number of hydrogen-bond donors (Lipinski definition) is 0. The molecule has 2 unspecified atom stereocenters. The van der Waals surface area contributed by atoms with Gasteiger partial charge in [0.15, 0.2) is 0 Å². The maximum absolute atomic E-state index is 5.25. The molecule has 12 heavy (non-hydrogen) atoms. The lowest BCUT2D eigenvalue weighted by Crippen LogP contribution is -1.93. The van der Waals surface area contributed by atoms with Gasteiger partial charge in [0.05, 0.1) is 7.11 Å². The molecule has 0 spiro atoms. The molecule has 0 heterocycles. The summed E-state index contributed by atoms with van der Waals surface area (Å²) in [7, 11) is 4.55. The summed E-state index contributed by atoms with van der Waals surface area (Å²) >= 11 is 0. The normalized spacial score (nSPS) is 12.6. The molecule has 1 rings (SSSR count). The largest absolute Gasteiger partial charge is 0.496 e. The Bertz CT molecular complexity index is 247. The molecule has 0 radical (unpaired) electrons. The van der Waals surface area contributed by atoms with E-state index in [4.69, 9.17) is 4.74 Å². The maximum Gasteiger partial charge on any atom is 0.122 e. The molecule has 0 bridgehead atoms. The summed E-state index contributed by atoms with van der Waals surface area (Å²) < 4.78 is 5.25. The Kier molecular flexibility index (Phi) is 3.55. The van der Waals surface area contributed by atoms with Crippen LogP contribution in [0.5, 0.6) is 5.75 Å². The highest BCUT2D eigenvalue weighted by atomic mass is 31.0. The first kappa shape index (κ1) is 9.54. The predicted octanol–water partition coefficient (Wildman–Crippen LogP) is 3.02. The Hall–Kier alpha value is -0.550. The quantitative estimate of drug-likeness (QED) is 0.653. The summed E-state index contributed by atoms with van der Waals surface area (Å²) in [4.78, 5) is 0. The minimum atomic E-state index is 0.501. The SMILES string of the molecule is CCC(P)c1ccccc1OC. The predicted molar refractivity (Wildman–Crippen MR) is 55.7 cm³/mol. The standard InChI is InChI=1S/C10H15OP/c1-3-10(12)8-6-4-5-7-9(8)11-2/h4-7,10H,3,12H2,1-2H3. The minimum Gasteiger partial charge on any atom is -0.496 e. The fraction of sp³-hybridized carbons (Fsp3) is 0.400. The summed E-state index contributed by atoms with van der Waals surface area (Å²) in [5.74, 6) is 0.986. The Balaban J connectivity index is 2.96. The molecular formula is C10H15OP. The molecule has 0 fully saturated rings. The summed E-state index contributed by atoms with van der Waals surface area (Å²) in [5, 5.41) is 0. The lowest BCUT2D eigenvalue weighted by atomic mass is 10.1. The van der Waals surface area contributed by atoms with E-state index in [1.165, 1.54) is 5.56 Å². The van der Waals surface area contributed by atoms with Gasteiger partial charge in [0, 0.05) is 11.2 Å². The monoisotopic (exact) mass is 182 g/mol. The summed E-state index contributed by atoms with van der Waals surface area (Å²) in [5.41, 5.74) is 1.77. The number of benzene rings is 1. The van der Waals surface area contributed by atoms with Crippen molar-refractivity contribution >= 4 is 9.24 Å². The second kappa shape index (κ2) is 4.47. The molecule has 1 aromatic carbocycles. The van der Waals surface area contributed by atoms with Crippen molar-refractivity contribution in [3.8, 4) is 5.75 Å². The van der Waals surface area contributed by atoms with Crippen molar-refractivity contribution < 1.29 is 4.74 Å². The number of ether oxygens (including phenoxy) is 1. The molecule has 1 aromatic rings. The van der Waals surface area contributed by atoms with Gasteiger partial charge in [-0.15, -0.1) is 9.24 Å². The van der Waals surface area contributed by atoms with Crippen LogP contribution >= 0.6 is 9.24 Å². The van der Waals surface area contributed by atoms with Crippen LogP contribution in [0.2, 0.25) is 0 Å². The molecule has 0 aliphatic rings. The number of hydrogen-bond acceptors (Lipinski definition) is 1. The van der Waals surface area contributed by atoms with Crippen molar-refractivity contribution in [2.24, 2.45) is 0 Å². The Morgan fingerprint density at radius 1 is 1.42 bits per heavy atom. The van der Waals surface area contributed by atoms with E-state index in [-0.39, 0.29) is 0 Å². The first-order chi connectivity index (χ1) is 5.79. The van der Waals surface area contributed by atoms with Crippen LogP contribution in [0.15, 0.2) is 24.3 Å². The number of rotatable bonds is 3. The van der Waals surface area contributed by atoms with Crippen LogP contribution in [-0.4, -0.2) is 7.11 Å². The number of methoxy groups -OCH3 is 1. The van der Waals surface area contributed by atoms with Crippen LogP contribution in [0.1, 0.15) is 24.6 Å². The van der Waals surface area contributed by atoms with Gasteiger partial charge >= 0.3 is 0 Å². The van der Waals surface area contributed by atoms with Gasteiger partial charge in [0.2, 0.25) is 0 Å². The lowest BCUT2D eigenvalue weighted by Gasteiger charge is -2.12. The Morgan fingerprint density at radius 3 is 2.67 bits per heavy atom. The van der Waals surface area contributed by atoms with Crippen LogP contribution in [0.3, 0.4) is 0 Å². The minimum absolute atomic E-state index is 0.501. The number of para-hydroxylation sites is 1. The van der Waals surface area contributed by atoms with Gasteiger partial charge in [-0.05, 0) is 12.5 Å². The topological polar surface area (TPSA) is 9.23 Å². The van der Waals surface area contributed by atoms with Gasteiger partial charge in [-0.1, -0.05) is 25.1 Å². The van der Waals surface area contributed by atoms with Gasteiger partial charge < -0.3 is 4.74 Å². The highest BCUT2D eigenvalue weighted by molar-refractivity contribution is 7.17. The highest BCUT2D eigenvalue weighted by Crippen LogP contribution is 2.32. The molecule has 0 saturated heterocycles. The average molecular weight is 182 g/mol. The van der Waals surface area contributed by atoms with Crippen LogP contribution in [0.25, 0.3) is 0 Å². The first-order valence-corrected chi connectivity index (χ1v) is 4.84. The summed E-state index contributed by atoms with van der Waals surface area (Å²) in [6.07, 6.45) is 1.12. The van der Waals surface area contributed by atoms with Gasteiger partial charge in [0.1, 0.15) is 5.75 Å². The fourth-order valence-corrected chi connectivity index (χ4v) is 1.47. The van der Waals surface area contributed by atoms with E-state index in [1.54, 1.807) is 7.11 Å². The second-order valence-electron chi connectivity index (χ2n) is 2.76. The molecule has 1 nitrogen and oxygen atoms in total. The third-order valence-electron chi connectivity index (χ3n) is 1.98. The molecule has 0 amide bonds. The van der Waals surface area contributed by atoms with Crippen molar-refractivity contribution in [3.63, 3.8) is 0 Å². The Morgan fingerprint density at radius 2 is 2.08 bits per heavy atom. The zero-order valence-corrected chi connectivity index (χ0v) is 8.73. The highest BCUT2D eigenvalue weighted by Gasteiger charge is 2.07. The van der Waals surface area contributed by atoms with E-state index in [1.807, 2.05) is 18.2 Å². The van der Waals surface area contributed by atoms with Crippen molar-refractivity contribution in [2.75, 3.05) is 7.11 Å². The molecule has 0 N–H and O–H groups in total. The molecular weight excluding hydrogens is 167 g/mol.